The number of carbonyl (C=O) groups is 2. The summed E-state index contributed by atoms with van der Waals surface area (Å²) < 4.78 is 35.3. The Hall–Kier alpha value is -2.92. The van der Waals surface area contributed by atoms with E-state index in [9.17, 15) is 18.0 Å². The smallest absolute Gasteiger partial charge is 0.251 e. The number of halogens is 1. The third kappa shape index (κ3) is 6.52. The Morgan fingerprint density at radius 3 is 2.60 bits per heavy atom. The number of hydrogen-bond acceptors (Lipinski definition) is 7. The lowest BCUT2D eigenvalue weighted by molar-refractivity contribution is 0.0909. The van der Waals surface area contributed by atoms with E-state index in [-0.39, 0.29) is 33.2 Å². The van der Waals surface area contributed by atoms with Crippen molar-refractivity contribution in [2.75, 3.05) is 26.2 Å². The van der Waals surface area contributed by atoms with Crippen molar-refractivity contribution in [3.8, 4) is 11.5 Å². The molecule has 11 heteroatoms. The number of allylic oxidation sites excluding steroid dienone is 2. The maximum Gasteiger partial charge on any atom is 0.251 e. The molecule has 2 aromatic carbocycles. The maximum atomic E-state index is 13.0. The number of hydrogen-bond donors (Lipinski definition) is 2. The lowest BCUT2D eigenvalue weighted by Gasteiger charge is -2.32. The largest absolute Gasteiger partial charge is 0.493 e. The number of unbranched alkanes of at least 4 members (excludes halogenated alkanes) is 1. The fourth-order valence-corrected chi connectivity index (χ4v) is 6.29. The minimum absolute atomic E-state index is 0.00289. The summed E-state index contributed by atoms with van der Waals surface area (Å²) in [5.41, 5.74) is 1.77. The molecule has 0 atom stereocenters. The number of nitrogens with zero attached hydrogens (tertiary/aromatic N) is 1. The van der Waals surface area contributed by atoms with Gasteiger partial charge in [-0.05, 0) is 93.8 Å². The summed E-state index contributed by atoms with van der Waals surface area (Å²) in [4.78, 5) is 27.8. The number of piperidine rings is 1. The molecule has 0 aromatic heterocycles. The van der Waals surface area contributed by atoms with Crippen LogP contribution in [-0.4, -0.2) is 57.3 Å². The van der Waals surface area contributed by atoms with Crippen molar-refractivity contribution in [3.05, 3.63) is 63.9 Å². The standard InChI is InChI=1S/C29H34ClN3O6S/c1-18(19-7-8-19)28-27(34)26-23(5-4-6-24(26)39-28)38-16-3-2-13-33-14-11-21(12-15-33)32-29(35)20-9-10-22(30)25(17-20)40(31,36)37/h4-6,9-10,17,19,21H,2-3,7-8,11-16H2,1H3,(H,32,35)(H2,31,36,37). The first-order chi connectivity index (χ1) is 19.1. The predicted molar refractivity (Wildman–Crippen MR) is 151 cm³/mol. The van der Waals surface area contributed by atoms with Gasteiger partial charge in [0.05, 0.1) is 11.6 Å². The van der Waals surface area contributed by atoms with E-state index in [0.717, 1.165) is 63.7 Å². The highest BCUT2D eigenvalue weighted by Crippen LogP contribution is 2.43. The van der Waals surface area contributed by atoms with Crippen LogP contribution in [0, 0.1) is 5.92 Å². The number of fused-ring (bicyclic) bond motifs is 1. The molecule has 9 nitrogen and oxygen atoms in total. The van der Waals surface area contributed by atoms with E-state index in [1.165, 1.54) is 18.2 Å². The summed E-state index contributed by atoms with van der Waals surface area (Å²) in [6.45, 7) is 5.12. The molecule has 2 fully saturated rings. The van der Waals surface area contributed by atoms with Crippen LogP contribution in [0.3, 0.4) is 0 Å². The normalized spacial score (nSPS) is 19.2. The van der Waals surface area contributed by atoms with Gasteiger partial charge in [0.1, 0.15) is 22.0 Å². The summed E-state index contributed by atoms with van der Waals surface area (Å²) >= 11 is 5.92. The van der Waals surface area contributed by atoms with E-state index in [1.54, 1.807) is 0 Å². The second-order valence-corrected chi connectivity index (χ2v) is 12.6. The first-order valence-electron chi connectivity index (χ1n) is 13.7. The van der Waals surface area contributed by atoms with Crippen molar-refractivity contribution in [2.45, 2.75) is 56.4 Å². The van der Waals surface area contributed by atoms with E-state index < -0.39 is 10.0 Å². The molecule has 40 heavy (non-hydrogen) atoms. The molecule has 1 amide bonds. The Labute approximate surface area is 239 Å². The molecule has 0 unspecified atom stereocenters. The Morgan fingerprint density at radius 2 is 1.90 bits per heavy atom. The monoisotopic (exact) mass is 587 g/mol. The number of ether oxygens (including phenoxy) is 2. The molecule has 0 spiro atoms. The number of nitrogens with one attached hydrogen (secondary N) is 1. The molecule has 2 heterocycles. The summed E-state index contributed by atoms with van der Waals surface area (Å²) in [5.74, 6) is 1.66. The number of rotatable bonds is 10. The number of carbonyl (C=O) groups excluding carboxylic acids is 2. The van der Waals surface area contributed by atoms with Gasteiger partial charge in [0.15, 0.2) is 5.76 Å². The van der Waals surface area contributed by atoms with Gasteiger partial charge in [-0.2, -0.15) is 0 Å². The molecule has 0 radical (unpaired) electrons. The van der Waals surface area contributed by atoms with Crippen molar-refractivity contribution >= 4 is 33.3 Å². The highest BCUT2D eigenvalue weighted by Gasteiger charge is 2.36. The van der Waals surface area contributed by atoms with Gasteiger partial charge in [0.2, 0.25) is 15.8 Å². The zero-order valence-corrected chi connectivity index (χ0v) is 24.0. The van der Waals surface area contributed by atoms with Crippen LogP contribution in [0.2, 0.25) is 5.02 Å². The Balaban J connectivity index is 1.03. The van der Waals surface area contributed by atoms with Crippen LogP contribution in [0.25, 0.3) is 0 Å². The van der Waals surface area contributed by atoms with Crippen LogP contribution in [0.5, 0.6) is 11.5 Å². The molecule has 3 N–H and O–H groups in total. The van der Waals surface area contributed by atoms with Gasteiger partial charge in [-0.3, -0.25) is 9.59 Å². The quantitative estimate of drug-likeness (QED) is 0.313. The average molecular weight is 588 g/mol. The van der Waals surface area contributed by atoms with Crippen molar-refractivity contribution in [3.63, 3.8) is 0 Å². The SMILES string of the molecule is CC(=C1Oc2cccc(OCCCCN3CCC(NC(=O)c4ccc(Cl)c(S(N)(=O)=O)c4)CC3)c2C1=O)C1CC1. The van der Waals surface area contributed by atoms with Crippen LogP contribution in [0.4, 0.5) is 0 Å². The first kappa shape index (κ1) is 28.6. The van der Waals surface area contributed by atoms with E-state index in [4.69, 9.17) is 26.2 Å². The van der Waals surface area contributed by atoms with E-state index in [0.29, 0.717) is 35.3 Å². The minimum Gasteiger partial charge on any atom is -0.493 e. The summed E-state index contributed by atoms with van der Waals surface area (Å²) in [6.07, 6.45) is 5.63. The Morgan fingerprint density at radius 1 is 1.15 bits per heavy atom. The number of sulfonamides is 1. The molecule has 2 aliphatic heterocycles. The minimum atomic E-state index is -4.02. The molecule has 1 aliphatic carbocycles. The summed E-state index contributed by atoms with van der Waals surface area (Å²) in [7, 11) is -4.02. The average Bonchev–Trinajstić information content (AvgIpc) is 3.72. The molecular formula is C29H34ClN3O6S. The molecule has 3 aliphatic rings. The van der Waals surface area contributed by atoms with Crippen molar-refractivity contribution in [1.29, 1.82) is 0 Å². The van der Waals surface area contributed by atoms with Crippen molar-refractivity contribution in [1.82, 2.24) is 10.2 Å². The van der Waals surface area contributed by atoms with Gasteiger partial charge in [-0.15, -0.1) is 0 Å². The first-order valence-corrected chi connectivity index (χ1v) is 15.6. The number of likely N-dealkylation sites (tertiary alicyclic amines) is 1. The molecule has 5 rings (SSSR count). The zero-order chi connectivity index (χ0) is 28.4. The molecule has 0 bridgehead atoms. The van der Waals surface area contributed by atoms with Gasteiger partial charge < -0.3 is 19.7 Å². The number of amides is 1. The molecular weight excluding hydrogens is 554 g/mol. The summed E-state index contributed by atoms with van der Waals surface area (Å²) in [5, 5.41) is 8.16. The molecule has 214 valence electrons. The predicted octanol–water partition coefficient (Wildman–Crippen LogP) is 4.30. The van der Waals surface area contributed by atoms with Gasteiger partial charge >= 0.3 is 0 Å². The Kier molecular flexibility index (Phi) is 8.51. The van der Waals surface area contributed by atoms with Gasteiger partial charge in [-0.1, -0.05) is 17.7 Å². The molecule has 1 saturated heterocycles. The van der Waals surface area contributed by atoms with E-state index in [1.807, 2.05) is 25.1 Å². The van der Waals surface area contributed by atoms with Crippen LogP contribution < -0.4 is 19.9 Å². The lowest BCUT2D eigenvalue weighted by atomic mass is 10.0. The summed E-state index contributed by atoms with van der Waals surface area (Å²) in [6, 6.07) is 9.56. The maximum absolute atomic E-state index is 13.0. The fraction of sp³-hybridized carbons (Fsp3) is 0.448. The van der Waals surface area contributed by atoms with Crippen LogP contribution >= 0.6 is 11.6 Å². The Bertz CT molecular complexity index is 1450. The van der Waals surface area contributed by atoms with E-state index >= 15 is 0 Å². The van der Waals surface area contributed by atoms with Crippen LogP contribution in [0.1, 0.15) is 66.2 Å². The highest BCUT2D eigenvalue weighted by molar-refractivity contribution is 7.89. The number of ketones is 1. The zero-order valence-electron chi connectivity index (χ0n) is 22.5. The van der Waals surface area contributed by atoms with Gasteiger partial charge in [0, 0.05) is 24.7 Å². The van der Waals surface area contributed by atoms with Crippen molar-refractivity contribution < 1.29 is 27.5 Å². The fourth-order valence-electron chi connectivity index (χ4n) is 5.22. The van der Waals surface area contributed by atoms with Crippen LogP contribution in [-0.2, 0) is 10.0 Å². The van der Waals surface area contributed by atoms with Crippen LogP contribution in [0.15, 0.2) is 52.6 Å². The topological polar surface area (TPSA) is 128 Å². The molecule has 1 saturated carbocycles. The lowest BCUT2D eigenvalue weighted by Crippen LogP contribution is -2.44. The number of primary sulfonamides is 1. The second-order valence-electron chi connectivity index (χ2n) is 10.7. The second kappa shape index (κ2) is 11.9. The third-order valence-electron chi connectivity index (χ3n) is 7.73. The van der Waals surface area contributed by atoms with Gasteiger partial charge in [0.25, 0.3) is 5.91 Å². The highest BCUT2D eigenvalue weighted by atomic mass is 35.5. The van der Waals surface area contributed by atoms with E-state index in [2.05, 4.69) is 10.2 Å². The van der Waals surface area contributed by atoms with Gasteiger partial charge in [-0.25, -0.2) is 13.6 Å². The van der Waals surface area contributed by atoms with Crippen molar-refractivity contribution in [2.24, 2.45) is 11.1 Å². The number of Topliss-reactive ketones (excluding diaryl/α,β-unsaturated/α-hetero) is 1. The number of nitrogens with two attached hydrogens (primary N) is 1. The number of benzene rings is 2. The third-order valence-corrected chi connectivity index (χ3v) is 9.12. The molecule has 2 aromatic rings.